The average Bonchev–Trinajstić information content (AvgIpc) is 2.97. The van der Waals surface area contributed by atoms with Crippen molar-refractivity contribution in [3.8, 4) is 0 Å². The van der Waals surface area contributed by atoms with Crippen LogP contribution in [-0.4, -0.2) is 15.4 Å². The molecule has 0 heterocycles. The molecule has 0 unspecified atom stereocenters. The van der Waals surface area contributed by atoms with E-state index < -0.39 is 51.5 Å². The van der Waals surface area contributed by atoms with E-state index in [4.69, 9.17) is 28.3 Å². The van der Waals surface area contributed by atoms with Gasteiger partial charge in [-0.1, -0.05) is 29.6 Å². The van der Waals surface area contributed by atoms with E-state index in [2.05, 4.69) is 0 Å². The number of halogens is 8. The van der Waals surface area contributed by atoms with E-state index in [1.807, 2.05) is 0 Å². The molecule has 2 nitrogen and oxygen atoms in total. The third kappa shape index (κ3) is 3.15. The Morgan fingerprint density at radius 1 is 1.08 bits per heavy atom. The second-order valence-electron chi connectivity index (χ2n) is 6.62. The van der Waals surface area contributed by atoms with Gasteiger partial charge in [0.25, 0.3) is 0 Å². The molecule has 0 radical (unpaired) electrons. The van der Waals surface area contributed by atoms with Crippen LogP contribution in [0, 0.1) is 5.92 Å². The first-order chi connectivity index (χ1) is 11.8. The molecule has 1 aromatic carbocycles. The van der Waals surface area contributed by atoms with Crippen molar-refractivity contribution >= 4 is 29.2 Å². The van der Waals surface area contributed by atoms with Crippen molar-refractivity contribution < 1.29 is 36.2 Å². The fraction of sp³-hybridized carbons (Fsp3) is 0.562. The van der Waals surface area contributed by atoms with Crippen LogP contribution in [0.1, 0.15) is 53.4 Å². The highest BCUT2D eigenvalue weighted by molar-refractivity contribution is 6.53. The topological polar surface area (TPSA) is 37.3 Å². The lowest BCUT2D eigenvalue weighted by atomic mass is 9.74. The predicted octanol–water partition coefficient (Wildman–Crippen LogP) is 5.96. The SMILES string of the molecule is O=C(O)[C@H]1[C@H](c2cc(C(F)(F)F)cc(C(F)(F)F)c2C2CCC2)C1(Cl)Cl. The maximum Gasteiger partial charge on any atom is 0.416 e. The first-order valence-electron chi connectivity index (χ1n) is 7.69. The predicted molar refractivity (Wildman–Crippen MR) is 81.3 cm³/mol. The van der Waals surface area contributed by atoms with Gasteiger partial charge in [0.2, 0.25) is 0 Å². The highest BCUT2D eigenvalue weighted by Gasteiger charge is 2.69. The van der Waals surface area contributed by atoms with Gasteiger partial charge in [0.05, 0.1) is 17.0 Å². The second-order valence-corrected chi connectivity index (χ2v) is 8.06. The molecule has 1 N–H and O–H groups in total. The Labute approximate surface area is 154 Å². The van der Waals surface area contributed by atoms with Crippen molar-refractivity contribution in [1.82, 2.24) is 0 Å². The molecule has 0 saturated heterocycles. The van der Waals surface area contributed by atoms with Crippen LogP contribution >= 0.6 is 23.2 Å². The largest absolute Gasteiger partial charge is 0.481 e. The highest BCUT2D eigenvalue weighted by Crippen LogP contribution is 2.67. The van der Waals surface area contributed by atoms with Gasteiger partial charge >= 0.3 is 18.3 Å². The van der Waals surface area contributed by atoms with E-state index in [-0.39, 0.29) is 17.2 Å². The van der Waals surface area contributed by atoms with Crippen LogP contribution < -0.4 is 0 Å². The van der Waals surface area contributed by atoms with E-state index in [9.17, 15) is 31.1 Å². The molecule has 2 aliphatic rings. The van der Waals surface area contributed by atoms with E-state index in [0.717, 1.165) is 0 Å². The molecule has 144 valence electrons. The van der Waals surface area contributed by atoms with Crippen molar-refractivity contribution in [2.45, 2.75) is 47.8 Å². The van der Waals surface area contributed by atoms with Crippen LogP contribution in [0.2, 0.25) is 0 Å². The third-order valence-corrected chi connectivity index (χ3v) is 5.95. The Kier molecular flexibility index (Phi) is 4.47. The summed E-state index contributed by atoms with van der Waals surface area (Å²) in [6.45, 7) is 0. The smallest absolute Gasteiger partial charge is 0.416 e. The summed E-state index contributed by atoms with van der Waals surface area (Å²) in [4.78, 5) is 11.3. The lowest BCUT2D eigenvalue weighted by Gasteiger charge is -2.32. The average molecular weight is 421 g/mol. The fourth-order valence-electron chi connectivity index (χ4n) is 3.50. The Morgan fingerprint density at radius 2 is 1.65 bits per heavy atom. The van der Waals surface area contributed by atoms with Crippen LogP contribution in [-0.2, 0) is 17.1 Å². The monoisotopic (exact) mass is 420 g/mol. The number of alkyl halides is 8. The molecule has 3 rings (SSSR count). The number of hydrogen-bond donors (Lipinski definition) is 1. The third-order valence-electron chi connectivity index (χ3n) is 5.01. The lowest BCUT2D eigenvalue weighted by Crippen LogP contribution is -2.21. The minimum atomic E-state index is -5.03. The normalized spacial score (nSPS) is 25.7. The van der Waals surface area contributed by atoms with Crippen molar-refractivity contribution in [3.05, 3.63) is 34.4 Å². The van der Waals surface area contributed by atoms with Gasteiger partial charge in [0.15, 0.2) is 0 Å². The fourth-order valence-corrected chi connectivity index (χ4v) is 4.30. The zero-order valence-electron chi connectivity index (χ0n) is 12.9. The Morgan fingerprint density at radius 3 is 2.00 bits per heavy atom. The first kappa shape index (κ1) is 19.6. The van der Waals surface area contributed by atoms with Crippen molar-refractivity contribution in [1.29, 1.82) is 0 Å². The zero-order chi connectivity index (χ0) is 19.7. The zero-order valence-corrected chi connectivity index (χ0v) is 14.4. The van der Waals surface area contributed by atoms with Crippen molar-refractivity contribution in [3.63, 3.8) is 0 Å². The molecule has 1 aromatic rings. The minimum absolute atomic E-state index is 0.0828. The van der Waals surface area contributed by atoms with Crippen molar-refractivity contribution in [2.24, 2.45) is 5.92 Å². The van der Waals surface area contributed by atoms with Gasteiger partial charge in [0.1, 0.15) is 4.33 Å². The quantitative estimate of drug-likeness (QED) is 0.483. The molecule has 26 heavy (non-hydrogen) atoms. The molecule has 2 aliphatic carbocycles. The van der Waals surface area contributed by atoms with Crippen molar-refractivity contribution in [2.75, 3.05) is 0 Å². The molecule has 0 aliphatic heterocycles. The summed E-state index contributed by atoms with van der Waals surface area (Å²) in [6.07, 6.45) is -8.65. The molecule has 2 saturated carbocycles. The second kappa shape index (κ2) is 5.92. The maximum atomic E-state index is 13.5. The van der Waals surface area contributed by atoms with Crippen LogP contribution in [0.4, 0.5) is 26.3 Å². The molecule has 0 amide bonds. The number of carbonyl (C=O) groups is 1. The molecule has 0 aromatic heterocycles. The van der Waals surface area contributed by atoms with Gasteiger partial charge in [-0.15, -0.1) is 0 Å². The Balaban J connectivity index is 2.26. The van der Waals surface area contributed by atoms with Gasteiger partial charge in [-0.2, -0.15) is 26.3 Å². The molecule has 0 spiro atoms. The molecule has 10 heteroatoms. The van der Waals surface area contributed by atoms with E-state index in [1.165, 1.54) is 0 Å². The first-order valence-corrected chi connectivity index (χ1v) is 8.44. The van der Waals surface area contributed by atoms with E-state index in [1.54, 1.807) is 0 Å². The summed E-state index contributed by atoms with van der Waals surface area (Å²) in [5, 5.41) is 9.17. The molecule has 2 atom stereocenters. The molecule has 2 fully saturated rings. The van der Waals surface area contributed by atoms with Gasteiger partial charge in [-0.25, -0.2) is 0 Å². The van der Waals surface area contributed by atoms with E-state index >= 15 is 0 Å². The number of aliphatic carboxylic acids is 1. The standard InChI is InChI=1S/C16H12Cl2F6O2/c17-14(18)11(12(14)13(25)26)8-4-7(15(19,20)21)5-9(16(22,23)24)10(8)6-2-1-3-6/h4-6,11-12H,1-3H2,(H,25,26)/t11-,12+/m0/s1. The maximum absolute atomic E-state index is 13.5. The number of carboxylic acid groups (broad SMARTS) is 1. The van der Waals surface area contributed by atoms with Crippen LogP contribution in [0.3, 0.4) is 0 Å². The Hall–Kier alpha value is -1.15. The van der Waals surface area contributed by atoms with Gasteiger partial charge in [-0.3, -0.25) is 4.79 Å². The summed E-state index contributed by atoms with van der Waals surface area (Å²) in [7, 11) is 0. The van der Waals surface area contributed by atoms with E-state index in [0.29, 0.717) is 25.3 Å². The summed E-state index contributed by atoms with van der Waals surface area (Å²) in [5.41, 5.74) is -3.57. The summed E-state index contributed by atoms with van der Waals surface area (Å²) in [6, 6.07) is 0.648. The number of benzene rings is 1. The number of hydrogen-bond acceptors (Lipinski definition) is 1. The lowest BCUT2D eigenvalue weighted by molar-refractivity contribution is -0.143. The molecular formula is C16H12Cl2F6O2. The Bertz CT molecular complexity index is 752. The molecule has 0 bridgehead atoms. The number of rotatable bonds is 3. The summed E-state index contributed by atoms with van der Waals surface area (Å²) >= 11 is 11.8. The van der Waals surface area contributed by atoms with Gasteiger partial charge in [-0.05, 0) is 42.0 Å². The minimum Gasteiger partial charge on any atom is -0.481 e. The van der Waals surface area contributed by atoms with Gasteiger partial charge < -0.3 is 5.11 Å². The molecular weight excluding hydrogens is 409 g/mol. The van der Waals surface area contributed by atoms with Crippen LogP contribution in [0.25, 0.3) is 0 Å². The highest BCUT2D eigenvalue weighted by atomic mass is 35.5. The van der Waals surface area contributed by atoms with Gasteiger partial charge in [0, 0.05) is 5.92 Å². The summed E-state index contributed by atoms with van der Waals surface area (Å²) < 4.78 is 78.0. The van der Waals surface area contributed by atoms with Crippen LogP contribution in [0.15, 0.2) is 12.1 Å². The number of carboxylic acids is 1. The summed E-state index contributed by atoms with van der Waals surface area (Å²) in [5.74, 6) is -4.86. The van der Waals surface area contributed by atoms with Crippen LogP contribution in [0.5, 0.6) is 0 Å².